The van der Waals surface area contributed by atoms with E-state index in [9.17, 15) is 0 Å². The van der Waals surface area contributed by atoms with Gasteiger partial charge in [-0.05, 0) is 66.8 Å². The number of unbranched alkanes of at least 4 members (excludes halogenated alkanes) is 1. The number of ether oxygens (including phenoxy) is 2. The average Bonchev–Trinajstić information content (AvgIpc) is 3.34. The van der Waals surface area contributed by atoms with Crippen molar-refractivity contribution in [2.45, 2.75) is 79.4 Å². The Kier molecular flexibility index (Phi) is 15.4. The van der Waals surface area contributed by atoms with E-state index >= 15 is 0 Å². The molecule has 1 heterocycles. The summed E-state index contributed by atoms with van der Waals surface area (Å²) in [6.07, 6.45) is 13.4. The van der Waals surface area contributed by atoms with Gasteiger partial charge in [0.1, 0.15) is 11.5 Å². The molecular formula is C37H47Cl2NO2. The van der Waals surface area contributed by atoms with Gasteiger partial charge < -0.3 is 14.0 Å². The molecule has 0 fully saturated rings. The van der Waals surface area contributed by atoms with Crippen molar-refractivity contribution in [1.82, 2.24) is 4.57 Å². The van der Waals surface area contributed by atoms with E-state index in [0.29, 0.717) is 6.10 Å². The SMILES string of the molecule is C.C=C(/C=C\c1cccc(Cl)c1)c1cn(CCCC)c2c(OC)cccc12.CCCC(CCC)Oc1cccc(Cl)c1. The molecule has 0 aliphatic rings. The highest BCUT2D eigenvalue weighted by Crippen LogP contribution is 2.34. The van der Waals surface area contributed by atoms with E-state index in [1.807, 2.05) is 72.8 Å². The van der Waals surface area contributed by atoms with Gasteiger partial charge in [0.2, 0.25) is 0 Å². The monoisotopic (exact) mass is 607 g/mol. The molecule has 0 aliphatic carbocycles. The molecule has 226 valence electrons. The maximum atomic E-state index is 6.07. The Morgan fingerprint density at radius 2 is 1.57 bits per heavy atom. The Morgan fingerprint density at radius 3 is 2.19 bits per heavy atom. The molecular weight excluding hydrogens is 561 g/mol. The number of para-hydroxylation sites is 1. The van der Waals surface area contributed by atoms with Crippen molar-refractivity contribution in [3.05, 3.63) is 107 Å². The Morgan fingerprint density at radius 1 is 0.905 bits per heavy atom. The summed E-state index contributed by atoms with van der Waals surface area (Å²) in [6.45, 7) is 11.8. The Bertz CT molecular complexity index is 1420. The van der Waals surface area contributed by atoms with Gasteiger partial charge in [-0.3, -0.25) is 0 Å². The van der Waals surface area contributed by atoms with Crippen molar-refractivity contribution >= 4 is 45.8 Å². The number of hydrogen-bond acceptors (Lipinski definition) is 2. The minimum absolute atomic E-state index is 0. The average molecular weight is 609 g/mol. The fourth-order valence-corrected chi connectivity index (χ4v) is 5.17. The van der Waals surface area contributed by atoms with Crippen molar-refractivity contribution < 1.29 is 9.47 Å². The lowest BCUT2D eigenvalue weighted by Crippen LogP contribution is -2.15. The van der Waals surface area contributed by atoms with E-state index in [2.05, 4.69) is 44.2 Å². The first-order valence-electron chi connectivity index (χ1n) is 14.6. The van der Waals surface area contributed by atoms with Crippen molar-refractivity contribution in [1.29, 1.82) is 0 Å². The zero-order valence-corrected chi connectivity index (χ0v) is 26.3. The number of benzene rings is 3. The van der Waals surface area contributed by atoms with Crippen LogP contribution < -0.4 is 9.47 Å². The number of nitrogens with zero attached hydrogens (tertiary/aromatic N) is 1. The first-order valence-corrected chi connectivity index (χ1v) is 15.4. The summed E-state index contributed by atoms with van der Waals surface area (Å²) in [5.74, 6) is 1.78. The van der Waals surface area contributed by atoms with E-state index in [-0.39, 0.29) is 7.43 Å². The summed E-state index contributed by atoms with van der Waals surface area (Å²) >= 11 is 12.0. The molecule has 4 aromatic rings. The van der Waals surface area contributed by atoms with Crippen LogP contribution in [0.15, 0.2) is 85.6 Å². The second-order valence-electron chi connectivity index (χ2n) is 10.1. The molecule has 4 rings (SSSR count). The molecule has 0 bridgehead atoms. The molecule has 0 unspecified atom stereocenters. The highest BCUT2D eigenvalue weighted by Gasteiger charge is 2.13. The molecule has 0 amide bonds. The Balaban J connectivity index is 0.000000330. The molecule has 0 spiro atoms. The van der Waals surface area contributed by atoms with E-state index < -0.39 is 0 Å². The van der Waals surface area contributed by atoms with Crippen LogP contribution in [0.1, 0.15) is 77.8 Å². The predicted octanol–water partition coefficient (Wildman–Crippen LogP) is 12.2. The van der Waals surface area contributed by atoms with Crippen LogP contribution in [-0.2, 0) is 6.54 Å². The van der Waals surface area contributed by atoms with Crippen LogP contribution in [0, 0.1) is 0 Å². The van der Waals surface area contributed by atoms with E-state index in [0.717, 1.165) is 88.8 Å². The third-order valence-corrected chi connectivity index (χ3v) is 7.30. The molecule has 1 aromatic heterocycles. The lowest BCUT2D eigenvalue weighted by molar-refractivity contribution is 0.179. The van der Waals surface area contributed by atoms with Gasteiger partial charge in [0, 0.05) is 33.7 Å². The number of halogens is 2. The zero-order chi connectivity index (χ0) is 29.6. The maximum Gasteiger partial charge on any atom is 0.143 e. The minimum atomic E-state index is 0. The van der Waals surface area contributed by atoms with Crippen molar-refractivity contribution in [3.8, 4) is 11.5 Å². The quantitative estimate of drug-likeness (QED) is 0.141. The van der Waals surface area contributed by atoms with Gasteiger partial charge in [0.15, 0.2) is 0 Å². The van der Waals surface area contributed by atoms with Gasteiger partial charge in [-0.2, -0.15) is 0 Å². The molecule has 0 atom stereocenters. The molecule has 5 heteroatoms. The second kappa shape index (κ2) is 18.4. The van der Waals surface area contributed by atoms with Crippen LogP contribution in [0.25, 0.3) is 22.6 Å². The number of hydrogen-bond donors (Lipinski definition) is 0. The molecule has 3 nitrogen and oxygen atoms in total. The van der Waals surface area contributed by atoms with E-state index in [4.69, 9.17) is 32.7 Å². The largest absolute Gasteiger partial charge is 0.495 e. The fourth-order valence-electron chi connectivity index (χ4n) is 4.79. The molecule has 42 heavy (non-hydrogen) atoms. The van der Waals surface area contributed by atoms with Crippen molar-refractivity contribution in [2.75, 3.05) is 7.11 Å². The van der Waals surface area contributed by atoms with Gasteiger partial charge in [0.05, 0.1) is 18.7 Å². The molecule has 0 radical (unpaired) electrons. The fraction of sp³-hybridized carbons (Fsp3) is 0.351. The maximum absolute atomic E-state index is 6.07. The number of rotatable bonds is 13. The summed E-state index contributed by atoms with van der Waals surface area (Å²) < 4.78 is 13.8. The topological polar surface area (TPSA) is 23.4 Å². The minimum Gasteiger partial charge on any atom is -0.495 e. The third-order valence-electron chi connectivity index (χ3n) is 6.83. The molecule has 0 N–H and O–H groups in total. The van der Waals surface area contributed by atoms with E-state index in [1.54, 1.807) is 7.11 Å². The normalized spacial score (nSPS) is 10.8. The highest BCUT2D eigenvalue weighted by molar-refractivity contribution is 6.31. The number of aromatic nitrogens is 1. The summed E-state index contributed by atoms with van der Waals surface area (Å²) in [5.41, 5.74) is 4.30. The summed E-state index contributed by atoms with van der Waals surface area (Å²) in [6, 6.07) is 21.6. The first-order chi connectivity index (χ1) is 19.9. The van der Waals surface area contributed by atoms with Gasteiger partial charge >= 0.3 is 0 Å². The van der Waals surface area contributed by atoms with Gasteiger partial charge in [-0.1, -0.05) is 120 Å². The van der Waals surface area contributed by atoms with Gasteiger partial charge in [-0.15, -0.1) is 0 Å². The standard InChI is InChI=1S/C23H24ClNO.C13H19ClO.CH4/c1-4-5-14-25-16-21(20-10-7-11-22(26-3)23(20)25)17(2)12-13-18-8-6-9-19(24)15-18;1-3-6-12(7-4-2)15-13-9-5-8-11(14)10-13;/h6-13,15-16H,2,4-5,14H2,1,3H3;5,8-10,12H,3-4,6-7H2,1-2H3;1H4/b13-12-;;. The molecule has 0 saturated heterocycles. The van der Waals surface area contributed by atoms with Crippen LogP contribution in [-0.4, -0.2) is 17.8 Å². The smallest absolute Gasteiger partial charge is 0.143 e. The third kappa shape index (κ3) is 10.3. The number of fused-ring (bicyclic) bond motifs is 1. The Labute approximate surface area is 263 Å². The molecule has 0 saturated carbocycles. The second-order valence-corrected chi connectivity index (χ2v) is 11.0. The number of methoxy groups -OCH3 is 1. The molecule has 0 aliphatic heterocycles. The van der Waals surface area contributed by atoms with Crippen LogP contribution in [0.5, 0.6) is 11.5 Å². The lowest BCUT2D eigenvalue weighted by Gasteiger charge is -2.17. The van der Waals surface area contributed by atoms with Crippen LogP contribution in [0.3, 0.4) is 0 Å². The van der Waals surface area contributed by atoms with Crippen LogP contribution >= 0.6 is 23.2 Å². The van der Waals surface area contributed by atoms with Crippen molar-refractivity contribution in [2.24, 2.45) is 0 Å². The van der Waals surface area contributed by atoms with Gasteiger partial charge in [0.25, 0.3) is 0 Å². The van der Waals surface area contributed by atoms with E-state index in [1.165, 1.54) is 5.39 Å². The van der Waals surface area contributed by atoms with Crippen LogP contribution in [0.4, 0.5) is 0 Å². The van der Waals surface area contributed by atoms with Crippen LogP contribution in [0.2, 0.25) is 10.0 Å². The first kappa shape index (κ1) is 35.1. The number of allylic oxidation sites excluding steroid dienone is 2. The lowest BCUT2D eigenvalue weighted by atomic mass is 10.0. The van der Waals surface area contributed by atoms with Crippen molar-refractivity contribution in [3.63, 3.8) is 0 Å². The number of aryl methyl sites for hydroxylation is 1. The predicted molar refractivity (Wildman–Crippen MR) is 185 cm³/mol. The molecule has 3 aromatic carbocycles. The zero-order valence-electron chi connectivity index (χ0n) is 24.8. The Hall–Kier alpha value is -3.14. The summed E-state index contributed by atoms with van der Waals surface area (Å²) in [5, 5.41) is 2.64. The summed E-state index contributed by atoms with van der Waals surface area (Å²) in [4.78, 5) is 0. The highest BCUT2D eigenvalue weighted by atomic mass is 35.5. The van der Waals surface area contributed by atoms with Gasteiger partial charge in [-0.25, -0.2) is 0 Å². The summed E-state index contributed by atoms with van der Waals surface area (Å²) in [7, 11) is 1.72.